The highest BCUT2D eigenvalue weighted by molar-refractivity contribution is 5.86. The zero-order valence-electron chi connectivity index (χ0n) is 33.1. The van der Waals surface area contributed by atoms with Crippen LogP contribution in [0, 0.1) is 23.7 Å². The quantitative estimate of drug-likeness (QED) is 0.153. The zero-order valence-corrected chi connectivity index (χ0v) is 33.1. The average Bonchev–Trinajstić information content (AvgIpc) is 3.48. The van der Waals surface area contributed by atoms with Crippen molar-refractivity contribution in [1.82, 2.24) is 0 Å². The van der Waals surface area contributed by atoms with Gasteiger partial charge in [-0.05, 0) is 162 Å². The van der Waals surface area contributed by atoms with Crippen molar-refractivity contribution >= 4 is 34.1 Å². The smallest absolute Gasteiger partial charge is 0.0468 e. The van der Waals surface area contributed by atoms with Crippen LogP contribution in [0.25, 0.3) is 11.1 Å². The second-order valence-corrected chi connectivity index (χ2v) is 17.8. The molecule has 0 N–H and O–H groups in total. The Bertz CT molecular complexity index is 2470. The third-order valence-electron chi connectivity index (χ3n) is 14.5. The second kappa shape index (κ2) is 13.4. The molecule has 0 aliphatic heterocycles. The van der Waals surface area contributed by atoms with Crippen molar-refractivity contribution in [3.05, 3.63) is 204 Å². The SMILES string of the molecule is CC1(C)c2ccccc2-c2cc(N(c3ccccc3)c3ccc(C4(c5ccc(N(c6ccccc6)c6ccccc6)cc5)C5CC6CC(C5)CC4C6)cc3)ccc21. The Kier molecular flexibility index (Phi) is 8.07. The van der Waals surface area contributed by atoms with E-state index in [1.54, 1.807) is 0 Å². The molecule has 7 aromatic rings. The summed E-state index contributed by atoms with van der Waals surface area (Å²) in [6, 6.07) is 68.2. The van der Waals surface area contributed by atoms with Gasteiger partial charge in [0.1, 0.15) is 0 Å². The molecule has 4 saturated carbocycles. The van der Waals surface area contributed by atoms with E-state index >= 15 is 0 Å². The first-order valence-electron chi connectivity index (χ1n) is 21.2. The molecule has 0 aromatic heterocycles. The summed E-state index contributed by atoms with van der Waals surface area (Å²) in [4.78, 5) is 4.84. The number of hydrogen-bond acceptors (Lipinski definition) is 2. The Labute approximate surface area is 338 Å². The summed E-state index contributed by atoms with van der Waals surface area (Å²) in [5.74, 6) is 3.09. The molecule has 5 aliphatic carbocycles. The maximum atomic E-state index is 2.51. The van der Waals surface area contributed by atoms with Crippen LogP contribution in [0.4, 0.5) is 34.1 Å². The topological polar surface area (TPSA) is 6.48 Å². The summed E-state index contributed by atoms with van der Waals surface area (Å²) in [6.45, 7) is 4.72. The minimum Gasteiger partial charge on any atom is -0.311 e. The zero-order chi connectivity index (χ0) is 38.1. The van der Waals surface area contributed by atoms with E-state index in [4.69, 9.17) is 0 Å². The maximum Gasteiger partial charge on any atom is 0.0468 e. The lowest BCUT2D eigenvalue weighted by Crippen LogP contribution is -2.56. The Morgan fingerprint density at radius 1 is 0.368 bits per heavy atom. The lowest BCUT2D eigenvalue weighted by molar-refractivity contribution is -0.0418. The number of fused-ring (bicyclic) bond motifs is 3. The van der Waals surface area contributed by atoms with E-state index in [0.29, 0.717) is 11.8 Å². The van der Waals surface area contributed by atoms with Gasteiger partial charge in [-0.3, -0.25) is 0 Å². The number of anilines is 6. The van der Waals surface area contributed by atoms with E-state index in [1.807, 2.05) is 0 Å². The third kappa shape index (κ3) is 5.44. The van der Waals surface area contributed by atoms with Crippen LogP contribution in [-0.2, 0) is 10.8 Å². The Balaban J connectivity index is 1.01. The summed E-state index contributed by atoms with van der Waals surface area (Å²) in [5.41, 5.74) is 15.6. The van der Waals surface area contributed by atoms with Gasteiger partial charge in [0.25, 0.3) is 0 Å². The van der Waals surface area contributed by atoms with Crippen LogP contribution in [0.3, 0.4) is 0 Å². The molecule has 0 atom stereocenters. The summed E-state index contributed by atoms with van der Waals surface area (Å²) in [6.07, 6.45) is 6.83. The van der Waals surface area contributed by atoms with Gasteiger partial charge in [0.15, 0.2) is 0 Å². The Hall–Kier alpha value is -5.86. The van der Waals surface area contributed by atoms with Gasteiger partial charge < -0.3 is 9.80 Å². The minimum atomic E-state index is -0.0176. The lowest BCUT2D eigenvalue weighted by atomic mass is 9.42. The fourth-order valence-electron chi connectivity index (χ4n) is 12.3. The van der Waals surface area contributed by atoms with Crippen molar-refractivity contribution in [2.75, 3.05) is 9.80 Å². The van der Waals surface area contributed by atoms with Gasteiger partial charge in [0, 0.05) is 45.0 Å². The molecule has 4 bridgehead atoms. The highest BCUT2D eigenvalue weighted by Crippen LogP contribution is 2.65. The molecule has 0 spiro atoms. The first-order valence-corrected chi connectivity index (χ1v) is 21.2. The second-order valence-electron chi connectivity index (χ2n) is 17.8. The molecule has 280 valence electrons. The molecule has 5 aliphatic rings. The van der Waals surface area contributed by atoms with E-state index in [2.05, 4.69) is 206 Å². The molecule has 12 rings (SSSR count). The van der Waals surface area contributed by atoms with Gasteiger partial charge in [-0.15, -0.1) is 0 Å². The van der Waals surface area contributed by atoms with Crippen LogP contribution in [-0.4, -0.2) is 0 Å². The third-order valence-corrected chi connectivity index (χ3v) is 14.5. The molecule has 0 radical (unpaired) electrons. The summed E-state index contributed by atoms with van der Waals surface area (Å²) in [7, 11) is 0. The van der Waals surface area contributed by atoms with Gasteiger partial charge in [-0.1, -0.05) is 123 Å². The highest BCUT2D eigenvalue weighted by atomic mass is 15.1. The maximum absolute atomic E-state index is 2.51. The van der Waals surface area contributed by atoms with Gasteiger partial charge in [0.05, 0.1) is 0 Å². The average molecular weight is 739 g/mol. The Morgan fingerprint density at radius 2 is 0.754 bits per heavy atom. The van der Waals surface area contributed by atoms with Crippen LogP contribution in [0.5, 0.6) is 0 Å². The summed E-state index contributed by atoms with van der Waals surface area (Å²) in [5, 5.41) is 0. The van der Waals surface area contributed by atoms with Crippen molar-refractivity contribution in [3.8, 4) is 11.1 Å². The normalized spacial score (nSPS) is 23.5. The number of rotatable bonds is 8. The predicted molar refractivity (Wildman–Crippen MR) is 238 cm³/mol. The molecule has 0 amide bonds. The number of benzene rings is 7. The fourth-order valence-corrected chi connectivity index (χ4v) is 12.3. The molecule has 0 unspecified atom stereocenters. The molecular weight excluding hydrogens is 689 g/mol. The molecule has 0 saturated heterocycles. The van der Waals surface area contributed by atoms with Crippen molar-refractivity contribution in [2.24, 2.45) is 23.7 Å². The molecule has 57 heavy (non-hydrogen) atoms. The summed E-state index contributed by atoms with van der Waals surface area (Å²) < 4.78 is 0. The van der Waals surface area contributed by atoms with E-state index in [9.17, 15) is 0 Å². The van der Waals surface area contributed by atoms with Crippen molar-refractivity contribution in [3.63, 3.8) is 0 Å². The molecular formula is C55H50N2. The number of para-hydroxylation sites is 3. The van der Waals surface area contributed by atoms with Gasteiger partial charge >= 0.3 is 0 Å². The number of hydrogen-bond donors (Lipinski definition) is 0. The van der Waals surface area contributed by atoms with Crippen molar-refractivity contribution in [1.29, 1.82) is 0 Å². The van der Waals surface area contributed by atoms with E-state index in [-0.39, 0.29) is 10.8 Å². The van der Waals surface area contributed by atoms with Crippen LogP contribution in [0.2, 0.25) is 0 Å². The largest absolute Gasteiger partial charge is 0.311 e. The molecule has 2 heteroatoms. The molecule has 4 fully saturated rings. The first-order chi connectivity index (χ1) is 28.0. The van der Waals surface area contributed by atoms with E-state index in [1.165, 1.54) is 99.6 Å². The monoisotopic (exact) mass is 738 g/mol. The van der Waals surface area contributed by atoms with Crippen LogP contribution < -0.4 is 9.80 Å². The van der Waals surface area contributed by atoms with Crippen LogP contribution in [0.1, 0.15) is 68.2 Å². The predicted octanol–water partition coefficient (Wildman–Crippen LogP) is 14.7. The summed E-state index contributed by atoms with van der Waals surface area (Å²) >= 11 is 0. The minimum absolute atomic E-state index is 0.00917. The Morgan fingerprint density at radius 3 is 1.25 bits per heavy atom. The highest BCUT2D eigenvalue weighted by Gasteiger charge is 2.58. The standard InChI is InChI=1S/C55H50N2/c1-54(2)52-21-13-12-20-50(52)51-37-49(30-31-53(51)54)57(46-18-10-5-11-19-46)48-28-24-41(25-29-48)55(42-33-38-32-39(35-42)36-43(55)34-38)40-22-26-47(27-23-40)56(44-14-6-3-7-15-44)45-16-8-4-9-17-45/h3-31,37-39,42-43H,32-36H2,1-2H3. The van der Waals surface area contributed by atoms with Gasteiger partial charge in [0.2, 0.25) is 0 Å². The van der Waals surface area contributed by atoms with E-state index < -0.39 is 0 Å². The van der Waals surface area contributed by atoms with Crippen LogP contribution in [0.15, 0.2) is 182 Å². The first kappa shape index (κ1) is 34.4. The van der Waals surface area contributed by atoms with Crippen molar-refractivity contribution in [2.45, 2.75) is 56.8 Å². The molecule has 0 heterocycles. The molecule has 2 nitrogen and oxygen atoms in total. The van der Waals surface area contributed by atoms with E-state index in [0.717, 1.165) is 11.8 Å². The van der Waals surface area contributed by atoms with Gasteiger partial charge in [-0.25, -0.2) is 0 Å². The fraction of sp³-hybridized carbons (Fsp3) is 0.236. The van der Waals surface area contributed by atoms with Crippen molar-refractivity contribution < 1.29 is 0 Å². The number of nitrogens with zero attached hydrogens (tertiary/aromatic N) is 2. The molecule has 7 aromatic carbocycles. The lowest BCUT2D eigenvalue weighted by Gasteiger charge is -2.62. The van der Waals surface area contributed by atoms with Gasteiger partial charge in [-0.2, -0.15) is 0 Å². The van der Waals surface area contributed by atoms with Crippen LogP contribution >= 0.6 is 0 Å².